The number of anilines is 2. The predicted octanol–water partition coefficient (Wildman–Crippen LogP) is 2.45. The molecule has 6 rings (SSSR count). The molecule has 0 spiro atoms. The molecule has 5 aromatic rings. The third kappa shape index (κ3) is 3.98. The van der Waals surface area contributed by atoms with Crippen molar-refractivity contribution in [1.82, 2.24) is 34.4 Å². The summed E-state index contributed by atoms with van der Waals surface area (Å²) in [6.45, 7) is 5.73. The molecule has 1 aromatic carbocycles. The van der Waals surface area contributed by atoms with Crippen molar-refractivity contribution in [2.75, 3.05) is 49.5 Å². The van der Waals surface area contributed by atoms with Gasteiger partial charge in [0.1, 0.15) is 12.2 Å². The molecule has 34 heavy (non-hydrogen) atoms. The van der Waals surface area contributed by atoms with E-state index < -0.39 is 0 Å². The molecule has 0 atom stereocenters. The molecule has 0 radical (unpaired) electrons. The Balaban J connectivity index is 1.34. The second-order valence-corrected chi connectivity index (χ2v) is 9.09. The van der Waals surface area contributed by atoms with Gasteiger partial charge in [0, 0.05) is 44.6 Å². The fourth-order valence-electron chi connectivity index (χ4n) is 4.35. The standard InChI is InChI=1S/C23H26N10S/c24-6-7-31-8-10-32(11-9-31)23-29-21(25-13-19-27-17-3-1-2-4-18(17)28-19)20-22(30-23)33(15-26-20)16-5-12-34-14-16/h1-5,12,14-15H,6-11,13,24H2,(H,27,28)(H,25,29,30). The Morgan fingerprint density at radius 1 is 1.06 bits per heavy atom. The van der Waals surface area contributed by atoms with E-state index >= 15 is 0 Å². The highest BCUT2D eigenvalue weighted by molar-refractivity contribution is 7.08. The molecular formula is C23H26N10S. The van der Waals surface area contributed by atoms with Crippen molar-refractivity contribution in [2.24, 2.45) is 5.73 Å². The first kappa shape index (κ1) is 21.0. The number of piperazine rings is 1. The number of hydrogen-bond acceptors (Lipinski definition) is 9. The van der Waals surface area contributed by atoms with E-state index in [0.29, 0.717) is 24.9 Å². The minimum Gasteiger partial charge on any atom is -0.361 e. The maximum atomic E-state index is 5.74. The summed E-state index contributed by atoms with van der Waals surface area (Å²) in [4.78, 5) is 27.2. The van der Waals surface area contributed by atoms with Crippen molar-refractivity contribution in [3.05, 3.63) is 53.2 Å². The molecule has 0 unspecified atom stereocenters. The van der Waals surface area contributed by atoms with Crippen molar-refractivity contribution >= 4 is 45.3 Å². The van der Waals surface area contributed by atoms with Gasteiger partial charge in [0.05, 0.1) is 23.3 Å². The first-order chi connectivity index (χ1) is 16.8. The summed E-state index contributed by atoms with van der Waals surface area (Å²) >= 11 is 1.65. The molecule has 0 bridgehead atoms. The largest absolute Gasteiger partial charge is 0.361 e. The Morgan fingerprint density at radius 3 is 2.74 bits per heavy atom. The third-order valence-electron chi connectivity index (χ3n) is 6.13. The fourth-order valence-corrected chi connectivity index (χ4v) is 4.98. The minimum absolute atomic E-state index is 0.510. The number of nitrogens with zero attached hydrogens (tertiary/aromatic N) is 7. The van der Waals surface area contributed by atoms with E-state index in [2.05, 4.69) is 46.9 Å². The van der Waals surface area contributed by atoms with Crippen LogP contribution in [0.15, 0.2) is 47.4 Å². The van der Waals surface area contributed by atoms with Crippen molar-refractivity contribution in [1.29, 1.82) is 0 Å². The highest BCUT2D eigenvalue weighted by Gasteiger charge is 2.22. The number of nitrogens with one attached hydrogen (secondary N) is 2. The van der Waals surface area contributed by atoms with Crippen LogP contribution in [0.1, 0.15) is 5.82 Å². The molecule has 174 valence electrons. The molecular weight excluding hydrogens is 448 g/mol. The van der Waals surface area contributed by atoms with Crippen LogP contribution in [0.4, 0.5) is 11.8 Å². The maximum Gasteiger partial charge on any atom is 0.229 e. The van der Waals surface area contributed by atoms with Crippen LogP contribution in [-0.4, -0.2) is 73.7 Å². The molecule has 0 amide bonds. The highest BCUT2D eigenvalue weighted by Crippen LogP contribution is 2.26. The van der Waals surface area contributed by atoms with Crippen LogP contribution in [0.3, 0.4) is 0 Å². The van der Waals surface area contributed by atoms with Crippen LogP contribution in [0.5, 0.6) is 0 Å². The van der Waals surface area contributed by atoms with Crippen molar-refractivity contribution < 1.29 is 0 Å². The van der Waals surface area contributed by atoms with Gasteiger partial charge in [0.15, 0.2) is 17.0 Å². The predicted molar refractivity (Wildman–Crippen MR) is 136 cm³/mol. The highest BCUT2D eigenvalue weighted by atomic mass is 32.1. The first-order valence-electron chi connectivity index (χ1n) is 11.4. The molecule has 1 fully saturated rings. The summed E-state index contributed by atoms with van der Waals surface area (Å²) in [6.07, 6.45) is 1.82. The average molecular weight is 475 g/mol. The summed E-state index contributed by atoms with van der Waals surface area (Å²) in [5, 5.41) is 7.61. The van der Waals surface area contributed by atoms with Crippen LogP contribution in [0.25, 0.3) is 27.9 Å². The van der Waals surface area contributed by atoms with Crippen LogP contribution in [0.2, 0.25) is 0 Å². The lowest BCUT2D eigenvalue weighted by molar-refractivity contribution is 0.263. The van der Waals surface area contributed by atoms with Gasteiger partial charge in [-0.25, -0.2) is 9.97 Å². The van der Waals surface area contributed by atoms with Crippen molar-refractivity contribution in [3.8, 4) is 5.69 Å². The molecule has 1 aliphatic rings. The van der Waals surface area contributed by atoms with Crippen LogP contribution in [-0.2, 0) is 6.54 Å². The summed E-state index contributed by atoms with van der Waals surface area (Å²) in [6, 6.07) is 10.1. The molecule has 10 nitrogen and oxygen atoms in total. The lowest BCUT2D eigenvalue weighted by Gasteiger charge is -2.34. The summed E-state index contributed by atoms with van der Waals surface area (Å²) in [5.74, 6) is 2.27. The molecule has 1 saturated heterocycles. The normalized spacial score (nSPS) is 14.9. The van der Waals surface area contributed by atoms with E-state index in [1.807, 2.05) is 35.2 Å². The van der Waals surface area contributed by atoms with Crippen LogP contribution in [0, 0.1) is 0 Å². The maximum absolute atomic E-state index is 5.74. The number of fused-ring (bicyclic) bond motifs is 2. The quantitative estimate of drug-likeness (QED) is 0.329. The van der Waals surface area contributed by atoms with Gasteiger partial charge < -0.3 is 20.9 Å². The lowest BCUT2D eigenvalue weighted by atomic mass is 10.3. The van der Waals surface area contributed by atoms with Gasteiger partial charge in [0.25, 0.3) is 0 Å². The molecule has 0 aliphatic carbocycles. The number of rotatable bonds is 7. The minimum atomic E-state index is 0.510. The Labute approximate surface area is 200 Å². The topological polar surface area (TPSA) is 117 Å². The zero-order chi connectivity index (χ0) is 22.9. The Bertz CT molecular complexity index is 1370. The first-order valence-corrected chi connectivity index (χ1v) is 12.4. The Kier molecular flexibility index (Phi) is 5.57. The van der Waals surface area contributed by atoms with E-state index in [4.69, 9.17) is 15.7 Å². The number of aromatic nitrogens is 6. The Morgan fingerprint density at radius 2 is 1.94 bits per heavy atom. The van der Waals surface area contributed by atoms with E-state index in [-0.39, 0.29) is 0 Å². The fraction of sp³-hybridized carbons (Fsp3) is 0.304. The average Bonchev–Trinajstić information content (AvgIpc) is 3.62. The van der Waals surface area contributed by atoms with E-state index in [1.54, 1.807) is 11.3 Å². The third-order valence-corrected chi connectivity index (χ3v) is 6.80. The van der Waals surface area contributed by atoms with Crippen LogP contribution < -0.4 is 16.0 Å². The smallest absolute Gasteiger partial charge is 0.229 e. The second-order valence-electron chi connectivity index (χ2n) is 8.31. The van der Waals surface area contributed by atoms with Gasteiger partial charge in [0.2, 0.25) is 5.95 Å². The molecule has 1 aliphatic heterocycles. The molecule has 4 N–H and O–H groups in total. The number of benzene rings is 1. The number of para-hydroxylation sites is 2. The van der Waals surface area contributed by atoms with E-state index in [1.165, 1.54) is 0 Å². The molecule has 0 saturated carbocycles. The molecule has 4 aromatic heterocycles. The van der Waals surface area contributed by atoms with Gasteiger partial charge in [-0.15, -0.1) is 0 Å². The van der Waals surface area contributed by atoms with Crippen molar-refractivity contribution in [3.63, 3.8) is 0 Å². The lowest BCUT2D eigenvalue weighted by Crippen LogP contribution is -2.48. The summed E-state index contributed by atoms with van der Waals surface area (Å²) < 4.78 is 2.02. The molecule has 11 heteroatoms. The number of thiophene rings is 1. The zero-order valence-corrected chi connectivity index (χ0v) is 19.5. The molecule has 5 heterocycles. The van der Waals surface area contributed by atoms with E-state index in [9.17, 15) is 0 Å². The van der Waals surface area contributed by atoms with Crippen LogP contribution >= 0.6 is 11.3 Å². The number of hydrogen-bond donors (Lipinski definition) is 3. The summed E-state index contributed by atoms with van der Waals surface area (Å²) in [7, 11) is 0. The second kappa shape index (κ2) is 9.01. The van der Waals surface area contributed by atoms with Gasteiger partial charge in [-0.2, -0.15) is 21.3 Å². The van der Waals surface area contributed by atoms with Gasteiger partial charge in [-0.3, -0.25) is 9.47 Å². The van der Waals surface area contributed by atoms with Gasteiger partial charge in [-0.05, 0) is 23.6 Å². The van der Waals surface area contributed by atoms with Gasteiger partial charge in [-0.1, -0.05) is 12.1 Å². The number of H-pyrrole nitrogens is 1. The zero-order valence-electron chi connectivity index (χ0n) is 18.7. The van der Waals surface area contributed by atoms with Crippen molar-refractivity contribution in [2.45, 2.75) is 6.54 Å². The number of nitrogens with two attached hydrogens (primary N) is 1. The monoisotopic (exact) mass is 474 g/mol. The number of imidazole rings is 2. The van der Waals surface area contributed by atoms with Gasteiger partial charge >= 0.3 is 0 Å². The SMILES string of the molecule is NCCN1CCN(c2nc(NCc3nc4ccccc4[nH]3)c3ncn(-c4ccsc4)c3n2)CC1. The number of aromatic amines is 1. The van der Waals surface area contributed by atoms with E-state index in [0.717, 1.165) is 66.4 Å². The summed E-state index contributed by atoms with van der Waals surface area (Å²) in [5.41, 5.74) is 10.3. The Hall–Kier alpha value is -3.54.